The molecule has 0 fully saturated rings. The molecule has 0 bridgehead atoms. The van der Waals surface area contributed by atoms with Crippen molar-refractivity contribution >= 4 is 5.97 Å². The molecule has 3 nitrogen and oxygen atoms in total. The Morgan fingerprint density at radius 3 is 2.43 bits per heavy atom. The highest BCUT2D eigenvalue weighted by atomic mass is 16.5. The van der Waals surface area contributed by atoms with Crippen LogP contribution in [-0.2, 0) is 17.8 Å². The molecule has 0 saturated heterocycles. The highest BCUT2D eigenvalue weighted by molar-refractivity contribution is 5.89. The van der Waals surface area contributed by atoms with Crippen LogP contribution >= 0.6 is 0 Å². The van der Waals surface area contributed by atoms with Crippen molar-refractivity contribution in [1.82, 2.24) is 0 Å². The second kappa shape index (κ2) is 8.37. The van der Waals surface area contributed by atoms with Crippen LogP contribution in [0, 0.1) is 5.92 Å². The van der Waals surface area contributed by atoms with Crippen LogP contribution in [0.15, 0.2) is 48.5 Å². The van der Waals surface area contributed by atoms with Crippen molar-refractivity contribution in [2.24, 2.45) is 5.92 Å². The highest BCUT2D eigenvalue weighted by Crippen LogP contribution is 2.17. The van der Waals surface area contributed by atoms with Gasteiger partial charge in [0.2, 0.25) is 0 Å². The van der Waals surface area contributed by atoms with Crippen molar-refractivity contribution in [3.8, 4) is 5.75 Å². The van der Waals surface area contributed by atoms with Crippen molar-refractivity contribution in [1.29, 1.82) is 0 Å². The molecule has 3 heteroatoms. The average Bonchev–Trinajstić information content (AvgIpc) is 2.58. The zero-order valence-electron chi connectivity index (χ0n) is 14.0. The molecule has 0 saturated carbocycles. The lowest BCUT2D eigenvalue weighted by Gasteiger charge is -2.09. The Bertz CT molecular complexity index is 630. The molecule has 122 valence electrons. The molecular weight excluding hydrogens is 288 g/mol. The van der Waals surface area contributed by atoms with Crippen LogP contribution in [0.3, 0.4) is 0 Å². The fourth-order valence-corrected chi connectivity index (χ4v) is 2.28. The second-order valence-electron chi connectivity index (χ2n) is 6.06. The highest BCUT2D eigenvalue weighted by Gasteiger charge is 2.06. The van der Waals surface area contributed by atoms with E-state index < -0.39 is 0 Å². The van der Waals surface area contributed by atoms with Gasteiger partial charge in [0.05, 0.1) is 12.7 Å². The molecule has 0 atom stereocenters. The Morgan fingerprint density at radius 1 is 1.04 bits per heavy atom. The van der Waals surface area contributed by atoms with Crippen LogP contribution in [-0.4, -0.2) is 13.1 Å². The lowest BCUT2D eigenvalue weighted by molar-refractivity contribution is 0.0600. The molecule has 23 heavy (non-hydrogen) atoms. The Labute approximate surface area is 138 Å². The third kappa shape index (κ3) is 5.44. The summed E-state index contributed by atoms with van der Waals surface area (Å²) in [7, 11) is 1.38. The summed E-state index contributed by atoms with van der Waals surface area (Å²) < 4.78 is 10.5. The first-order valence-electron chi connectivity index (χ1n) is 7.97. The van der Waals surface area contributed by atoms with Gasteiger partial charge in [-0.05, 0) is 54.2 Å². The van der Waals surface area contributed by atoms with Gasteiger partial charge in [0, 0.05) is 0 Å². The molecule has 0 aliphatic rings. The van der Waals surface area contributed by atoms with E-state index in [2.05, 4.69) is 26.0 Å². The molecule has 0 aromatic heterocycles. The number of rotatable bonds is 7. The average molecular weight is 312 g/mol. The van der Waals surface area contributed by atoms with Gasteiger partial charge in [0.15, 0.2) is 0 Å². The first kappa shape index (κ1) is 17.1. The number of ether oxygens (including phenoxy) is 2. The van der Waals surface area contributed by atoms with Crippen LogP contribution in [0.5, 0.6) is 5.75 Å². The normalized spacial score (nSPS) is 10.6. The Kier molecular flexibility index (Phi) is 6.21. The van der Waals surface area contributed by atoms with E-state index in [1.54, 1.807) is 12.1 Å². The molecular formula is C20H24O3. The maximum absolute atomic E-state index is 11.5. The first-order valence-corrected chi connectivity index (χ1v) is 7.97. The van der Waals surface area contributed by atoms with E-state index >= 15 is 0 Å². The van der Waals surface area contributed by atoms with Crippen LogP contribution in [0.1, 0.15) is 41.8 Å². The zero-order valence-corrected chi connectivity index (χ0v) is 14.0. The number of carbonyl (C=O) groups excluding carboxylic acids is 1. The van der Waals surface area contributed by atoms with E-state index in [0.717, 1.165) is 17.7 Å². The van der Waals surface area contributed by atoms with Crippen LogP contribution in [0.2, 0.25) is 0 Å². The maximum Gasteiger partial charge on any atom is 0.337 e. The van der Waals surface area contributed by atoms with Gasteiger partial charge >= 0.3 is 5.97 Å². The van der Waals surface area contributed by atoms with Gasteiger partial charge in [-0.25, -0.2) is 4.79 Å². The number of benzene rings is 2. The summed E-state index contributed by atoms with van der Waals surface area (Å²) >= 11 is 0. The molecule has 0 unspecified atom stereocenters. The van der Waals surface area contributed by atoms with Crippen molar-refractivity contribution in [3.63, 3.8) is 0 Å². The summed E-state index contributed by atoms with van der Waals surface area (Å²) in [5, 5.41) is 0. The number of carbonyl (C=O) groups is 1. The van der Waals surface area contributed by atoms with E-state index in [4.69, 9.17) is 9.47 Å². The molecule has 2 aromatic rings. The van der Waals surface area contributed by atoms with Gasteiger partial charge in [-0.3, -0.25) is 0 Å². The standard InChI is InChI=1S/C20H24O3/c1-15(2)7-8-16-9-11-19(12-10-16)23-14-17-5-4-6-18(13-17)20(21)22-3/h4-6,9-13,15H,7-8,14H2,1-3H3. The van der Waals surface area contributed by atoms with E-state index in [9.17, 15) is 4.79 Å². The van der Waals surface area contributed by atoms with E-state index in [1.807, 2.05) is 24.3 Å². The molecule has 0 aliphatic heterocycles. The van der Waals surface area contributed by atoms with Gasteiger partial charge in [-0.2, -0.15) is 0 Å². The van der Waals surface area contributed by atoms with Crippen molar-refractivity contribution in [3.05, 3.63) is 65.2 Å². The van der Waals surface area contributed by atoms with Crippen molar-refractivity contribution < 1.29 is 14.3 Å². The molecule has 2 aromatic carbocycles. The zero-order chi connectivity index (χ0) is 16.7. The Balaban J connectivity index is 1.92. The third-order valence-electron chi connectivity index (χ3n) is 3.69. The second-order valence-corrected chi connectivity index (χ2v) is 6.06. The summed E-state index contributed by atoms with van der Waals surface area (Å²) in [6.07, 6.45) is 2.29. The van der Waals surface area contributed by atoms with Gasteiger partial charge in [-0.15, -0.1) is 0 Å². The van der Waals surface area contributed by atoms with Gasteiger partial charge < -0.3 is 9.47 Å². The molecule has 0 N–H and O–H groups in total. The summed E-state index contributed by atoms with van der Waals surface area (Å²) in [5.74, 6) is 1.22. The number of hydrogen-bond acceptors (Lipinski definition) is 3. The van der Waals surface area contributed by atoms with E-state index in [1.165, 1.54) is 19.1 Å². The summed E-state index contributed by atoms with van der Waals surface area (Å²) in [6, 6.07) is 15.5. The largest absolute Gasteiger partial charge is 0.489 e. The number of aryl methyl sites for hydroxylation is 1. The number of esters is 1. The molecule has 2 rings (SSSR count). The first-order chi connectivity index (χ1) is 11.1. The van der Waals surface area contributed by atoms with E-state index in [0.29, 0.717) is 18.1 Å². The van der Waals surface area contributed by atoms with Gasteiger partial charge in [0.1, 0.15) is 12.4 Å². The SMILES string of the molecule is COC(=O)c1cccc(COc2ccc(CCC(C)C)cc2)c1. The van der Waals surface area contributed by atoms with Crippen LogP contribution in [0.4, 0.5) is 0 Å². The topological polar surface area (TPSA) is 35.5 Å². The molecule has 0 aliphatic carbocycles. The summed E-state index contributed by atoms with van der Waals surface area (Å²) in [5.41, 5.74) is 2.81. The molecule has 0 spiro atoms. The smallest absolute Gasteiger partial charge is 0.337 e. The van der Waals surface area contributed by atoms with Crippen LogP contribution < -0.4 is 4.74 Å². The number of hydrogen-bond donors (Lipinski definition) is 0. The minimum atomic E-state index is -0.332. The molecule has 0 radical (unpaired) electrons. The maximum atomic E-state index is 11.5. The molecule has 0 amide bonds. The fourth-order valence-electron chi connectivity index (χ4n) is 2.28. The van der Waals surface area contributed by atoms with Crippen LogP contribution in [0.25, 0.3) is 0 Å². The van der Waals surface area contributed by atoms with Gasteiger partial charge in [0.25, 0.3) is 0 Å². The third-order valence-corrected chi connectivity index (χ3v) is 3.69. The minimum absolute atomic E-state index is 0.332. The van der Waals surface area contributed by atoms with Crippen molar-refractivity contribution in [2.45, 2.75) is 33.3 Å². The lowest BCUT2D eigenvalue weighted by Crippen LogP contribution is -2.03. The number of methoxy groups -OCH3 is 1. The summed E-state index contributed by atoms with van der Waals surface area (Å²) in [6.45, 7) is 4.90. The Morgan fingerprint density at radius 2 is 1.78 bits per heavy atom. The monoisotopic (exact) mass is 312 g/mol. The fraction of sp³-hybridized carbons (Fsp3) is 0.350. The minimum Gasteiger partial charge on any atom is -0.489 e. The Hall–Kier alpha value is -2.29. The predicted molar refractivity (Wildman–Crippen MR) is 91.7 cm³/mol. The molecule has 0 heterocycles. The summed E-state index contributed by atoms with van der Waals surface area (Å²) in [4.78, 5) is 11.5. The van der Waals surface area contributed by atoms with E-state index in [-0.39, 0.29) is 5.97 Å². The predicted octanol–water partition coefficient (Wildman–Crippen LogP) is 4.64. The van der Waals surface area contributed by atoms with Crippen molar-refractivity contribution in [2.75, 3.05) is 7.11 Å². The van der Waals surface area contributed by atoms with Gasteiger partial charge in [-0.1, -0.05) is 38.1 Å². The quantitative estimate of drug-likeness (QED) is 0.699. The lowest BCUT2D eigenvalue weighted by atomic mass is 10.0.